The molecule has 206 valence electrons. The molecular weight excluding hydrogens is 492 g/mol. The normalized spacial score (nSPS) is 25.0. The molecule has 2 aromatic carbocycles. The number of aryl methyl sites for hydroxylation is 1. The third kappa shape index (κ3) is 5.20. The summed E-state index contributed by atoms with van der Waals surface area (Å²) in [7, 11) is 0. The van der Waals surface area contributed by atoms with Gasteiger partial charge < -0.3 is 5.32 Å². The maximum Gasteiger partial charge on any atom is 0.259 e. The van der Waals surface area contributed by atoms with E-state index in [-0.39, 0.29) is 18.9 Å². The number of halogens is 2. The van der Waals surface area contributed by atoms with Crippen LogP contribution in [0.5, 0.6) is 0 Å². The van der Waals surface area contributed by atoms with Gasteiger partial charge in [-0.3, -0.25) is 14.7 Å². The number of para-hydroxylation sites is 1. The van der Waals surface area contributed by atoms with E-state index >= 15 is 0 Å². The van der Waals surface area contributed by atoms with Crippen LogP contribution in [0.1, 0.15) is 74.7 Å². The Morgan fingerprint density at radius 3 is 2.41 bits per heavy atom. The summed E-state index contributed by atoms with van der Waals surface area (Å²) >= 11 is 0. The zero-order chi connectivity index (χ0) is 27.2. The van der Waals surface area contributed by atoms with Gasteiger partial charge in [0.15, 0.2) is 0 Å². The highest BCUT2D eigenvalue weighted by Crippen LogP contribution is 2.57. The maximum absolute atomic E-state index is 14.3. The fourth-order valence-corrected chi connectivity index (χ4v) is 7.37. The minimum absolute atomic E-state index is 0.258. The standard InChI is InChI=1S/C33H39F2N3O/c1-22-18-25(28-10-6-7-11-30(28)36-22)19-23-20-26-12-13-27(21-23)38(26)17-14-29(24-8-4-3-5-9-24)37-31(39)33(15-16-33)32(2,34)35/h3-11,18,23,26-27,29H,12-17,19-21H2,1-2H3,(H,37,39)/t23?,26?,27?,29-/m0/s1. The predicted octanol–water partition coefficient (Wildman–Crippen LogP) is 7.01. The zero-order valence-corrected chi connectivity index (χ0v) is 23.0. The Hall–Kier alpha value is -2.86. The van der Waals surface area contributed by atoms with E-state index in [0.29, 0.717) is 18.0 Å². The highest BCUT2D eigenvalue weighted by molar-refractivity contribution is 5.87. The van der Waals surface area contributed by atoms with Gasteiger partial charge in [-0.25, -0.2) is 8.78 Å². The van der Waals surface area contributed by atoms with Gasteiger partial charge in [0.05, 0.1) is 11.6 Å². The van der Waals surface area contributed by atoms with Gasteiger partial charge in [0.1, 0.15) is 5.41 Å². The van der Waals surface area contributed by atoms with Gasteiger partial charge in [-0.2, -0.15) is 0 Å². The van der Waals surface area contributed by atoms with Gasteiger partial charge in [-0.05, 0) is 87.5 Å². The van der Waals surface area contributed by atoms with Crippen LogP contribution in [0, 0.1) is 18.3 Å². The first-order chi connectivity index (χ1) is 18.7. The molecule has 1 aliphatic carbocycles. The number of amides is 1. The van der Waals surface area contributed by atoms with Gasteiger partial charge in [0.2, 0.25) is 5.91 Å². The van der Waals surface area contributed by atoms with Crippen molar-refractivity contribution in [1.29, 1.82) is 0 Å². The number of hydrogen-bond acceptors (Lipinski definition) is 3. The molecule has 1 N–H and O–H groups in total. The Labute approximate surface area is 230 Å². The fourth-order valence-electron chi connectivity index (χ4n) is 7.37. The molecular formula is C33H39F2N3O. The summed E-state index contributed by atoms with van der Waals surface area (Å²) in [5.74, 6) is -2.85. The number of aromatic nitrogens is 1. The Kier molecular flexibility index (Phi) is 6.95. The van der Waals surface area contributed by atoms with Crippen LogP contribution in [-0.4, -0.2) is 40.3 Å². The predicted molar refractivity (Wildman–Crippen MR) is 151 cm³/mol. The van der Waals surface area contributed by atoms with Gasteiger partial charge in [-0.1, -0.05) is 48.5 Å². The van der Waals surface area contributed by atoms with Crippen LogP contribution in [0.3, 0.4) is 0 Å². The summed E-state index contributed by atoms with van der Waals surface area (Å²) in [6.45, 7) is 3.83. The molecule has 1 saturated carbocycles. The molecule has 1 amide bonds. The molecule has 0 spiro atoms. The van der Waals surface area contributed by atoms with Crippen molar-refractivity contribution in [2.24, 2.45) is 11.3 Å². The SMILES string of the molecule is Cc1cc(CC2CC3CCC(C2)N3CC[C@H](NC(=O)C2(C(C)(F)F)CC2)c2ccccc2)c2ccccc2n1. The fraction of sp³-hybridized carbons (Fsp3) is 0.515. The lowest BCUT2D eigenvalue weighted by molar-refractivity contribution is -0.142. The number of fused-ring (bicyclic) bond motifs is 3. The number of benzene rings is 2. The molecule has 2 saturated heterocycles. The van der Waals surface area contributed by atoms with Gasteiger partial charge >= 0.3 is 0 Å². The van der Waals surface area contributed by atoms with E-state index in [0.717, 1.165) is 43.1 Å². The molecule has 3 atom stereocenters. The number of nitrogens with zero attached hydrogens (tertiary/aromatic N) is 2. The molecule has 6 rings (SSSR count). The van der Waals surface area contributed by atoms with E-state index in [1.54, 1.807) is 0 Å². The average molecular weight is 532 g/mol. The van der Waals surface area contributed by atoms with Crippen LogP contribution in [-0.2, 0) is 11.2 Å². The molecule has 3 fully saturated rings. The molecule has 3 aliphatic rings. The summed E-state index contributed by atoms with van der Waals surface area (Å²) in [4.78, 5) is 20.4. The average Bonchev–Trinajstić information content (AvgIpc) is 3.69. The third-order valence-corrected chi connectivity index (χ3v) is 9.63. The third-order valence-electron chi connectivity index (χ3n) is 9.63. The van der Waals surface area contributed by atoms with Crippen molar-refractivity contribution in [3.05, 3.63) is 77.5 Å². The van der Waals surface area contributed by atoms with Gasteiger partial charge in [-0.15, -0.1) is 0 Å². The quantitative estimate of drug-likeness (QED) is 0.323. The first-order valence-corrected chi connectivity index (χ1v) is 14.6. The Morgan fingerprint density at radius 2 is 1.74 bits per heavy atom. The first kappa shape index (κ1) is 26.4. The summed E-state index contributed by atoms with van der Waals surface area (Å²) in [6.07, 6.45) is 7.12. The lowest BCUT2D eigenvalue weighted by Gasteiger charge is -2.40. The van der Waals surface area contributed by atoms with Crippen LogP contribution in [0.4, 0.5) is 8.78 Å². The minimum atomic E-state index is -3.00. The van der Waals surface area contributed by atoms with Gasteiger partial charge in [0.25, 0.3) is 5.92 Å². The second-order valence-corrected chi connectivity index (χ2v) is 12.3. The van der Waals surface area contributed by atoms with Crippen molar-refractivity contribution in [3.8, 4) is 0 Å². The number of piperidine rings is 1. The molecule has 4 nitrogen and oxygen atoms in total. The second kappa shape index (κ2) is 10.3. The van der Waals surface area contributed by atoms with Crippen molar-refractivity contribution in [3.63, 3.8) is 0 Å². The topological polar surface area (TPSA) is 45.2 Å². The summed E-state index contributed by atoms with van der Waals surface area (Å²) in [5.41, 5.74) is 3.02. The van der Waals surface area contributed by atoms with Crippen LogP contribution in [0.2, 0.25) is 0 Å². The molecule has 3 heterocycles. The first-order valence-electron chi connectivity index (χ1n) is 14.6. The van der Waals surface area contributed by atoms with Gasteiger partial charge in [0, 0.05) is 36.6 Å². The molecule has 1 aromatic heterocycles. The van der Waals surface area contributed by atoms with E-state index in [4.69, 9.17) is 4.98 Å². The van der Waals surface area contributed by atoms with E-state index in [9.17, 15) is 13.6 Å². The van der Waals surface area contributed by atoms with Crippen LogP contribution < -0.4 is 5.32 Å². The summed E-state index contributed by atoms with van der Waals surface area (Å²) < 4.78 is 28.6. The minimum Gasteiger partial charge on any atom is -0.349 e. The molecule has 3 aromatic rings. The summed E-state index contributed by atoms with van der Waals surface area (Å²) in [6, 6.07) is 21.4. The molecule has 2 aliphatic heterocycles. The Bertz CT molecular complexity index is 1320. The number of pyridine rings is 1. The lowest BCUT2D eigenvalue weighted by atomic mass is 9.84. The lowest BCUT2D eigenvalue weighted by Crippen LogP contribution is -2.46. The van der Waals surface area contributed by atoms with Crippen molar-refractivity contribution in [1.82, 2.24) is 15.2 Å². The maximum atomic E-state index is 14.3. The van der Waals surface area contributed by atoms with Crippen molar-refractivity contribution in [2.45, 2.75) is 89.3 Å². The number of nitrogens with one attached hydrogen (secondary N) is 1. The second-order valence-electron chi connectivity index (χ2n) is 12.3. The Balaban J connectivity index is 1.13. The van der Waals surface area contributed by atoms with Crippen molar-refractivity contribution in [2.75, 3.05) is 6.54 Å². The molecule has 6 heteroatoms. The number of carbonyl (C=O) groups is 1. The Morgan fingerprint density at radius 1 is 1.08 bits per heavy atom. The number of carbonyl (C=O) groups excluding carboxylic acids is 1. The number of alkyl halides is 2. The number of rotatable bonds is 9. The molecule has 2 unspecified atom stereocenters. The van der Waals surface area contributed by atoms with E-state index in [2.05, 4.69) is 47.5 Å². The molecule has 39 heavy (non-hydrogen) atoms. The highest BCUT2D eigenvalue weighted by atomic mass is 19.3. The highest BCUT2D eigenvalue weighted by Gasteiger charge is 2.64. The van der Waals surface area contributed by atoms with Crippen LogP contribution in [0.25, 0.3) is 10.9 Å². The van der Waals surface area contributed by atoms with Crippen LogP contribution in [0.15, 0.2) is 60.7 Å². The molecule has 0 radical (unpaired) electrons. The van der Waals surface area contributed by atoms with Crippen LogP contribution >= 0.6 is 0 Å². The largest absolute Gasteiger partial charge is 0.349 e. The zero-order valence-electron chi connectivity index (χ0n) is 23.0. The smallest absolute Gasteiger partial charge is 0.259 e. The molecule has 2 bridgehead atoms. The van der Waals surface area contributed by atoms with Crippen molar-refractivity contribution < 1.29 is 13.6 Å². The monoisotopic (exact) mass is 531 g/mol. The van der Waals surface area contributed by atoms with Crippen molar-refractivity contribution >= 4 is 16.8 Å². The number of hydrogen-bond donors (Lipinski definition) is 1. The van der Waals surface area contributed by atoms with E-state index in [1.165, 1.54) is 36.6 Å². The van der Waals surface area contributed by atoms with E-state index < -0.39 is 17.2 Å². The summed E-state index contributed by atoms with van der Waals surface area (Å²) in [5, 5.41) is 4.31. The van der Waals surface area contributed by atoms with E-state index in [1.807, 2.05) is 30.3 Å².